The van der Waals surface area contributed by atoms with Crippen molar-refractivity contribution in [2.75, 3.05) is 5.32 Å². The molecule has 24 heavy (non-hydrogen) atoms. The third-order valence-corrected chi connectivity index (χ3v) is 4.12. The summed E-state index contributed by atoms with van der Waals surface area (Å²) < 4.78 is 42.8. The lowest BCUT2D eigenvalue weighted by molar-refractivity contribution is -0.137. The van der Waals surface area contributed by atoms with E-state index in [9.17, 15) is 22.8 Å². The van der Waals surface area contributed by atoms with Crippen molar-refractivity contribution in [3.8, 4) is 0 Å². The van der Waals surface area contributed by atoms with E-state index in [-0.39, 0.29) is 10.6 Å². The molecule has 0 fully saturated rings. The van der Waals surface area contributed by atoms with E-state index in [4.69, 9.17) is 16.3 Å². The second kappa shape index (κ2) is 7.23. The number of nitrogens with one attached hydrogen (secondary N) is 1. The maximum atomic E-state index is 12.5. The van der Waals surface area contributed by atoms with E-state index in [0.29, 0.717) is 4.34 Å². The van der Waals surface area contributed by atoms with Gasteiger partial charge in [0.2, 0.25) is 0 Å². The number of carbonyl (C=O) groups is 2. The zero-order valence-electron chi connectivity index (χ0n) is 12.2. The molecule has 0 aliphatic carbocycles. The minimum atomic E-state index is -4.45. The summed E-state index contributed by atoms with van der Waals surface area (Å²) in [6, 6.07) is 6.92. The number of alkyl halides is 3. The molecule has 1 amide bonds. The molecular weight excluding hydrogens is 367 g/mol. The summed E-state index contributed by atoms with van der Waals surface area (Å²) in [5, 5.41) is 2.38. The first-order valence-electron chi connectivity index (χ1n) is 6.61. The Labute approximate surface area is 144 Å². The third-order valence-electron chi connectivity index (χ3n) is 2.91. The molecule has 0 spiro atoms. The number of anilines is 1. The highest BCUT2D eigenvalue weighted by Crippen LogP contribution is 2.29. The number of carbonyl (C=O) groups excluding carboxylic acids is 2. The summed E-state index contributed by atoms with van der Waals surface area (Å²) in [5.74, 6) is -1.37. The summed E-state index contributed by atoms with van der Waals surface area (Å²) in [5.41, 5.74) is -0.662. The maximum absolute atomic E-state index is 12.5. The number of ether oxygens (including phenoxy) is 1. The molecule has 0 aliphatic rings. The predicted octanol–water partition coefficient (Wildman–Crippen LogP) is 4.60. The van der Waals surface area contributed by atoms with Gasteiger partial charge < -0.3 is 10.1 Å². The molecule has 1 aromatic carbocycles. The third kappa shape index (κ3) is 4.72. The lowest BCUT2D eigenvalue weighted by Crippen LogP contribution is -2.29. The average molecular weight is 378 g/mol. The van der Waals surface area contributed by atoms with Gasteiger partial charge in [0.05, 0.1) is 9.90 Å². The number of esters is 1. The Hall–Kier alpha value is -2.06. The fourth-order valence-electron chi connectivity index (χ4n) is 1.68. The van der Waals surface area contributed by atoms with E-state index in [1.54, 1.807) is 0 Å². The van der Waals surface area contributed by atoms with Crippen molar-refractivity contribution in [3.63, 3.8) is 0 Å². The van der Waals surface area contributed by atoms with Gasteiger partial charge in [-0.3, -0.25) is 4.79 Å². The first-order valence-corrected chi connectivity index (χ1v) is 7.80. The van der Waals surface area contributed by atoms with Gasteiger partial charge in [-0.15, -0.1) is 11.3 Å². The van der Waals surface area contributed by atoms with Crippen LogP contribution in [0.3, 0.4) is 0 Å². The molecule has 128 valence electrons. The van der Waals surface area contributed by atoms with Crippen molar-refractivity contribution < 1.29 is 27.5 Å². The summed E-state index contributed by atoms with van der Waals surface area (Å²) in [6.45, 7) is 1.35. The summed E-state index contributed by atoms with van der Waals surface area (Å²) >= 11 is 6.72. The molecule has 0 radical (unpaired) electrons. The lowest BCUT2D eigenvalue weighted by Gasteiger charge is -2.13. The van der Waals surface area contributed by atoms with Gasteiger partial charge >= 0.3 is 12.1 Å². The van der Waals surface area contributed by atoms with Crippen LogP contribution in [0, 0.1) is 0 Å². The van der Waals surface area contributed by atoms with Crippen LogP contribution in [0.5, 0.6) is 0 Å². The summed E-state index contributed by atoms with van der Waals surface area (Å²) in [7, 11) is 0. The lowest BCUT2D eigenvalue weighted by atomic mass is 10.2. The average Bonchev–Trinajstić information content (AvgIpc) is 2.93. The van der Waals surface area contributed by atoms with Crippen LogP contribution in [0.4, 0.5) is 18.9 Å². The minimum Gasteiger partial charge on any atom is -0.448 e. The molecule has 1 heterocycles. The van der Waals surface area contributed by atoms with Crippen LogP contribution >= 0.6 is 22.9 Å². The second-order valence-electron chi connectivity index (χ2n) is 4.72. The zero-order valence-corrected chi connectivity index (χ0v) is 13.8. The first-order chi connectivity index (χ1) is 11.2. The molecular formula is C15H11ClF3NO3S. The van der Waals surface area contributed by atoms with Crippen LogP contribution in [0.15, 0.2) is 36.4 Å². The molecule has 1 unspecified atom stereocenters. The molecule has 0 aliphatic heterocycles. The quantitative estimate of drug-likeness (QED) is 0.792. The molecule has 1 N–H and O–H groups in total. The van der Waals surface area contributed by atoms with Crippen molar-refractivity contribution in [2.45, 2.75) is 19.2 Å². The van der Waals surface area contributed by atoms with Gasteiger partial charge in [0.25, 0.3) is 5.91 Å². The summed E-state index contributed by atoms with van der Waals surface area (Å²) in [4.78, 5) is 24.0. The van der Waals surface area contributed by atoms with Crippen LogP contribution in [-0.2, 0) is 15.7 Å². The van der Waals surface area contributed by atoms with Crippen LogP contribution in [-0.4, -0.2) is 18.0 Å². The minimum absolute atomic E-state index is 0.162. The number of thiophene rings is 1. The number of amides is 1. The first kappa shape index (κ1) is 18.3. The highest BCUT2D eigenvalue weighted by molar-refractivity contribution is 7.17. The van der Waals surface area contributed by atoms with Crippen molar-refractivity contribution in [3.05, 3.63) is 51.2 Å². The van der Waals surface area contributed by atoms with E-state index >= 15 is 0 Å². The Bertz CT molecular complexity index is 743. The Morgan fingerprint density at radius 1 is 1.17 bits per heavy atom. The monoisotopic (exact) mass is 377 g/mol. The van der Waals surface area contributed by atoms with E-state index in [2.05, 4.69) is 5.32 Å². The molecule has 0 saturated carbocycles. The molecule has 2 rings (SSSR count). The van der Waals surface area contributed by atoms with E-state index in [0.717, 1.165) is 35.6 Å². The standard InChI is InChI=1S/C15H11ClF3NO3S/c1-8(23-14(22)11-6-7-12(16)24-11)13(21)20-10-4-2-9(3-5-10)15(17,18)19/h2-8H,1H3,(H,20,21). The van der Waals surface area contributed by atoms with Crippen LogP contribution in [0.25, 0.3) is 0 Å². The van der Waals surface area contributed by atoms with Crippen molar-refractivity contribution >= 4 is 40.5 Å². The van der Waals surface area contributed by atoms with Gasteiger partial charge in [-0.2, -0.15) is 13.2 Å². The number of hydrogen-bond acceptors (Lipinski definition) is 4. The fourth-order valence-corrected chi connectivity index (χ4v) is 2.61. The van der Waals surface area contributed by atoms with Crippen molar-refractivity contribution in [2.24, 2.45) is 0 Å². The van der Waals surface area contributed by atoms with Gasteiger partial charge in [-0.1, -0.05) is 11.6 Å². The second-order valence-corrected chi connectivity index (χ2v) is 6.43. The number of halogens is 4. The van der Waals surface area contributed by atoms with Crippen LogP contribution in [0.2, 0.25) is 4.34 Å². The van der Waals surface area contributed by atoms with Gasteiger partial charge in [0, 0.05) is 5.69 Å². The van der Waals surface area contributed by atoms with Gasteiger partial charge in [-0.05, 0) is 43.3 Å². The van der Waals surface area contributed by atoms with Crippen LogP contribution in [0.1, 0.15) is 22.2 Å². The molecule has 1 aromatic heterocycles. The largest absolute Gasteiger partial charge is 0.448 e. The Morgan fingerprint density at radius 2 is 1.79 bits per heavy atom. The molecule has 1 atom stereocenters. The maximum Gasteiger partial charge on any atom is 0.416 e. The van der Waals surface area contributed by atoms with Gasteiger partial charge in [0.1, 0.15) is 4.88 Å². The molecule has 4 nitrogen and oxygen atoms in total. The highest BCUT2D eigenvalue weighted by atomic mass is 35.5. The van der Waals surface area contributed by atoms with E-state index in [1.165, 1.54) is 19.1 Å². The Kier molecular flexibility index (Phi) is 5.51. The molecule has 0 bridgehead atoms. The van der Waals surface area contributed by atoms with Crippen LogP contribution < -0.4 is 5.32 Å². The molecule has 0 saturated heterocycles. The number of hydrogen-bond donors (Lipinski definition) is 1. The number of rotatable bonds is 4. The SMILES string of the molecule is CC(OC(=O)c1ccc(Cl)s1)C(=O)Nc1ccc(C(F)(F)F)cc1. The van der Waals surface area contributed by atoms with Gasteiger partial charge in [0.15, 0.2) is 6.10 Å². The smallest absolute Gasteiger partial charge is 0.416 e. The Balaban J connectivity index is 1.95. The van der Waals surface area contributed by atoms with Crippen molar-refractivity contribution in [1.82, 2.24) is 0 Å². The number of benzene rings is 1. The summed E-state index contributed by atoms with van der Waals surface area (Å²) in [6.07, 6.45) is -5.58. The molecule has 2 aromatic rings. The topological polar surface area (TPSA) is 55.4 Å². The molecule has 9 heteroatoms. The van der Waals surface area contributed by atoms with E-state index < -0.39 is 29.7 Å². The normalized spacial score (nSPS) is 12.5. The van der Waals surface area contributed by atoms with Gasteiger partial charge in [-0.25, -0.2) is 4.79 Å². The zero-order chi connectivity index (χ0) is 17.9. The van der Waals surface area contributed by atoms with E-state index in [1.807, 2.05) is 0 Å². The predicted molar refractivity (Wildman–Crippen MR) is 84.3 cm³/mol. The van der Waals surface area contributed by atoms with Crippen molar-refractivity contribution in [1.29, 1.82) is 0 Å². The Morgan fingerprint density at radius 3 is 2.29 bits per heavy atom. The highest BCUT2D eigenvalue weighted by Gasteiger charge is 2.30. The fraction of sp³-hybridized carbons (Fsp3) is 0.200.